The third-order valence-corrected chi connectivity index (χ3v) is 4.62. The minimum absolute atomic E-state index is 1.15. The second-order valence-electron chi connectivity index (χ2n) is 6.56. The fraction of sp³-hybridized carbons (Fsp3) is 0.842. The first-order chi connectivity index (χ1) is 10.3. The fourth-order valence-electron chi connectivity index (χ4n) is 2.91. The Morgan fingerprint density at radius 2 is 1.19 bits per heavy atom. The Balaban J connectivity index is 1.84. The molecule has 0 saturated carbocycles. The first-order valence-corrected chi connectivity index (χ1v) is 9.26. The van der Waals surface area contributed by atoms with Crippen LogP contribution in [0.15, 0.2) is 0 Å². The summed E-state index contributed by atoms with van der Waals surface area (Å²) >= 11 is 0. The highest BCUT2D eigenvalue weighted by Gasteiger charge is 2.04. The molecule has 1 aromatic rings. The van der Waals surface area contributed by atoms with E-state index < -0.39 is 0 Å². The van der Waals surface area contributed by atoms with E-state index in [2.05, 4.69) is 31.0 Å². The van der Waals surface area contributed by atoms with Crippen molar-refractivity contribution in [3.8, 4) is 0 Å². The maximum Gasteiger partial charge on any atom is 0.0654 e. The van der Waals surface area contributed by atoms with E-state index in [0.29, 0.717) is 0 Å². The van der Waals surface area contributed by atoms with Gasteiger partial charge in [-0.3, -0.25) is 5.10 Å². The van der Waals surface area contributed by atoms with Crippen LogP contribution in [0.3, 0.4) is 0 Å². The van der Waals surface area contributed by atoms with Gasteiger partial charge < -0.3 is 0 Å². The summed E-state index contributed by atoms with van der Waals surface area (Å²) in [6.07, 6.45) is 18.1. The van der Waals surface area contributed by atoms with Crippen LogP contribution in [0.5, 0.6) is 0 Å². The molecule has 1 rings (SSSR count). The van der Waals surface area contributed by atoms with E-state index in [9.17, 15) is 0 Å². The van der Waals surface area contributed by atoms with Crippen molar-refractivity contribution in [1.29, 1.82) is 0 Å². The maximum absolute atomic E-state index is 4.38. The summed E-state index contributed by atoms with van der Waals surface area (Å²) in [7, 11) is 0. The van der Waals surface area contributed by atoms with Gasteiger partial charge in [0.2, 0.25) is 0 Å². The molecule has 122 valence electrons. The molecule has 0 bridgehead atoms. The zero-order valence-corrected chi connectivity index (χ0v) is 14.6. The number of aryl methyl sites for hydroxylation is 2. The molecule has 0 atom stereocenters. The highest BCUT2D eigenvalue weighted by atomic mass is 15.1. The van der Waals surface area contributed by atoms with Gasteiger partial charge in [0.15, 0.2) is 0 Å². The summed E-state index contributed by atoms with van der Waals surface area (Å²) < 4.78 is 0. The van der Waals surface area contributed by atoms with Crippen molar-refractivity contribution in [2.75, 3.05) is 0 Å². The molecular weight excluding hydrogens is 256 g/mol. The van der Waals surface area contributed by atoms with Crippen LogP contribution < -0.4 is 0 Å². The number of H-pyrrole nitrogens is 1. The van der Waals surface area contributed by atoms with Crippen molar-refractivity contribution in [3.63, 3.8) is 0 Å². The molecule has 0 fully saturated rings. The number of unbranched alkanes of at least 4 members (excludes halogenated alkanes) is 11. The minimum atomic E-state index is 1.15. The van der Waals surface area contributed by atoms with E-state index in [1.165, 1.54) is 94.0 Å². The molecule has 2 nitrogen and oxygen atoms in total. The number of aromatic nitrogens is 2. The smallest absolute Gasteiger partial charge is 0.0654 e. The lowest BCUT2D eigenvalue weighted by atomic mass is 10.0. The standard InChI is InChI=1S/C19H36N2/c1-4-5-6-7-8-9-10-11-12-13-14-15-16-19-17(2)18(3)20-21-19/h4-16H2,1-3H3,(H,20,21). The summed E-state index contributed by atoms with van der Waals surface area (Å²) in [6.45, 7) is 6.57. The van der Waals surface area contributed by atoms with E-state index in [1.807, 2.05) is 0 Å². The second kappa shape index (κ2) is 11.8. The summed E-state index contributed by atoms with van der Waals surface area (Å²) in [5.41, 5.74) is 3.86. The third kappa shape index (κ3) is 8.28. The molecule has 1 aromatic heterocycles. The normalized spacial score (nSPS) is 11.2. The lowest BCUT2D eigenvalue weighted by Crippen LogP contribution is -1.89. The van der Waals surface area contributed by atoms with Crippen molar-refractivity contribution < 1.29 is 0 Å². The Bertz CT molecular complexity index is 354. The van der Waals surface area contributed by atoms with Gasteiger partial charge in [0.1, 0.15) is 0 Å². The summed E-state index contributed by atoms with van der Waals surface area (Å²) in [5, 5.41) is 7.46. The van der Waals surface area contributed by atoms with Crippen molar-refractivity contribution >= 4 is 0 Å². The maximum atomic E-state index is 4.38. The highest BCUT2D eigenvalue weighted by molar-refractivity contribution is 5.22. The second-order valence-corrected chi connectivity index (χ2v) is 6.56. The number of hydrogen-bond donors (Lipinski definition) is 1. The average Bonchev–Trinajstić information content (AvgIpc) is 2.80. The van der Waals surface area contributed by atoms with E-state index in [0.717, 1.165) is 6.42 Å². The Morgan fingerprint density at radius 1 is 0.714 bits per heavy atom. The van der Waals surface area contributed by atoms with Crippen LogP contribution >= 0.6 is 0 Å². The van der Waals surface area contributed by atoms with Gasteiger partial charge in [-0.05, 0) is 32.3 Å². The molecule has 1 heterocycles. The van der Waals surface area contributed by atoms with Crippen LogP contribution in [0.2, 0.25) is 0 Å². The molecule has 0 aliphatic heterocycles. The zero-order chi connectivity index (χ0) is 15.3. The Labute approximate surface area is 132 Å². The van der Waals surface area contributed by atoms with Gasteiger partial charge in [0, 0.05) is 5.69 Å². The molecule has 0 unspecified atom stereocenters. The van der Waals surface area contributed by atoms with Gasteiger partial charge in [-0.25, -0.2) is 0 Å². The molecule has 2 heteroatoms. The third-order valence-electron chi connectivity index (χ3n) is 4.62. The number of hydrogen-bond acceptors (Lipinski definition) is 1. The van der Waals surface area contributed by atoms with Crippen LogP contribution in [0.25, 0.3) is 0 Å². The van der Waals surface area contributed by atoms with E-state index in [1.54, 1.807) is 0 Å². The quantitative estimate of drug-likeness (QED) is 0.426. The van der Waals surface area contributed by atoms with Crippen LogP contribution in [-0.2, 0) is 6.42 Å². The number of rotatable bonds is 13. The summed E-state index contributed by atoms with van der Waals surface area (Å²) in [4.78, 5) is 0. The van der Waals surface area contributed by atoms with E-state index >= 15 is 0 Å². The van der Waals surface area contributed by atoms with Crippen molar-refractivity contribution in [1.82, 2.24) is 10.2 Å². The Hall–Kier alpha value is -0.790. The van der Waals surface area contributed by atoms with Gasteiger partial charge in [0.25, 0.3) is 0 Å². The molecular formula is C19H36N2. The van der Waals surface area contributed by atoms with Gasteiger partial charge in [-0.1, -0.05) is 77.6 Å². The topological polar surface area (TPSA) is 28.7 Å². The predicted molar refractivity (Wildman–Crippen MR) is 92.8 cm³/mol. The summed E-state index contributed by atoms with van der Waals surface area (Å²) in [5.74, 6) is 0. The molecule has 0 aliphatic carbocycles. The largest absolute Gasteiger partial charge is 0.282 e. The van der Waals surface area contributed by atoms with E-state index in [-0.39, 0.29) is 0 Å². The molecule has 0 spiro atoms. The van der Waals surface area contributed by atoms with Crippen molar-refractivity contribution in [3.05, 3.63) is 17.0 Å². The van der Waals surface area contributed by atoms with Crippen LogP contribution in [-0.4, -0.2) is 10.2 Å². The predicted octanol–water partition coefficient (Wildman–Crippen LogP) is 6.27. The lowest BCUT2D eigenvalue weighted by Gasteiger charge is -2.03. The number of aromatic amines is 1. The van der Waals surface area contributed by atoms with Crippen LogP contribution in [0, 0.1) is 13.8 Å². The fourth-order valence-corrected chi connectivity index (χ4v) is 2.91. The highest BCUT2D eigenvalue weighted by Crippen LogP contribution is 2.14. The van der Waals surface area contributed by atoms with Crippen molar-refractivity contribution in [2.24, 2.45) is 0 Å². The molecule has 0 saturated heterocycles. The van der Waals surface area contributed by atoms with Gasteiger partial charge in [-0.2, -0.15) is 5.10 Å². The molecule has 21 heavy (non-hydrogen) atoms. The van der Waals surface area contributed by atoms with Crippen LogP contribution in [0.4, 0.5) is 0 Å². The van der Waals surface area contributed by atoms with Gasteiger partial charge in [-0.15, -0.1) is 0 Å². The molecule has 0 aromatic carbocycles. The minimum Gasteiger partial charge on any atom is -0.282 e. The first-order valence-electron chi connectivity index (χ1n) is 9.26. The van der Waals surface area contributed by atoms with E-state index in [4.69, 9.17) is 0 Å². The number of nitrogens with zero attached hydrogens (tertiary/aromatic N) is 1. The average molecular weight is 293 g/mol. The molecule has 1 N–H and O–H groups in total. The summed E-state index contributed by atoms with van der Waals surface area (Å²) in [6, 6.07) is 0. The Kier molecular flexibility index (Phi) is 10.3. The molecule has 0 amide bonds. The lowest BCUT2D eigenvalue weighted by molar-refractivity contribution is 0.543. The van der Waals surface area contributed by atoms with Crippen LogP contribution in [0.1, 0.15) is 101 Å². The monoisotopic (exact) mass is 292 g/mol. The molecule has 0 radical (unpaired) electrons. The zero-order valence-electron chi connectivity index (χ0n) is 14.6. The van der Waals surface area contributed by atoms with Gasteiger partial charge in [0.05, 0.1) is 5.69 Å². The Morgan fingerprint density at radius 3 is 1.62 bits per heavy atom. The first kappa shape index (κ1) is 18.3. The SMILES string of the molecule is CCCCCCCCCCCCCCc1n[nH]c(C)c1C. The van der Waals surface area contributed by atoms with Gasteiger partial charge >= 0.3 is 0 Å². The molecule has 0 aliphatic rings. The number of nitrogens with one attached hydrogen (secondary N) is 1. The van der Waals surface area contributed by atoms with Crippen molar-refractivity contribution in [2.45, 2.75) is 104 Å².